The van der Waals surface area contributed by atoms with Gasteiger partial charge in [-0.2, -0.15) is 0 Å². The Kier molecular flexibility index (Phi) is 5.50. The summed E-state index contributed by atoms with van der Waals surface area (Å²) < 4.78 is 22.7. The summed E-state index contributed by atoms with van der Waals surface area (Å²) in [5.41, 5.74) is 6.80. The number of pyridine rings is 1. The maximum Gasteiger partial charge on any atom is 0.251 e. The Labute approximate surface area is 119 Å². The van der Waals surface area contributed by atoms with Crippen LogP contribution in [0.3, 0.4) is 0 Å². The van der Waals surface area contributed by atoms with Gasteiger partial charge in [-0.15, -0.1) is 0 Å². The van der Waals surface area contributed by atoms with Crippen LogP contribution >= 0.6 is 0 Å². The van der Waals surface area contributed by atoms with Gasteiger partial charge in [0.05, 0.1) is 5.75 Å². The monoisotopic (exact) mass is 299 g/mol. The summed E-state index contributed by atoms with van der Waals surface area (Å²) in [5, 5.41) is 2.58. The Hall–Kier alpha value is -1.63. The second kappa shape index (κ2) is 6.69. The lowest BCUT2D eigenvalue weighted by Crippen LogP contribution is -2.29. The Morgan fingerprint density at radius 3 is 2.60 bits per heavy atom. The van der Waals surface area contributed by atoms with Crippen molar-refractivity contribution in [2.75, 3.05) is 23.8 Å². The van der Waals surface area contributed by atoms with E-state index in [2.05, 4.69) is 10.3 Å². The molecule has 1 amide bonds. The van der Waals surface area contributed by atoms with Crippen LogP contribution in [0.2, 0.25) is 0 Å². The van der Waals surface area contributed by atoms with Gasteiger partial charge in [-0.25, -0.2) is 13.4 Å². The molecule has 20 heavy (non-hydrogen) atoms. The van der Waals surface area contributed by atoms with Gasteiger partial charge in [0.25, 0.3) is 5.91 Å². The lowest BCUT2D eigenvalue weighted by molar-refractivity contribution is 0.0956. The Morgan fingerprint density at radius 1 is 1.40 bits per heavy atom. The number of anilines is 1. The SMILES string of the molecule is CCS(=O)(=O)CCNC(=O)c1cc(N)nc(C(C)C)c1. The molecule has 0 saturated carbocycles. The van der Waals surface area contributed by atoms with Crippen molar-refractivity contribution in [3.05, 3.63) is 23.4 Å². The van der Waals surface area contributed by atoms with Crippen molar-refractivity contribution >= 4 is 21.6 Å². The number of amides is 1. The largest absolute Gasteiger partial charge is 0.384 e. The molecule has 1 aromatic heterocycles. The molecule has 112 valence electrons. The van der Waals surface area contributed by atoms with Crippen molar-refractivity contribution < 1.29 is 13.2 Å². The van der Waals surface area contributed by atoms with E-state index in [-0.39, 0.29) is 35.7 Å². The molecule has 0 radical (unpaired) electrons. The number of aromatic nitrogens is 1. The average molecular weight is 299 g/mol. The predicted molar refractivity (Wildman–Crippen MR) is 79.4 cm³/mol. The lowest BCUT2D eigenvalue weighted by Gasteiger charge is -2.09. The predicted octanol–water partition coefficient (Wildman–Crippen LogP) is 0.952. The van der Waals surface area contributed by atoms with Gasteiger partial charge in [0.1, 0.15) is 5.82 Å². The Bertz CT molecular complexity index is 583. The Morgan fingerprint density at radius 2 is 2.05 bits per heavy atom. The fraction of sp³-hybridized carbons (Fsp3) is 0.538. The van der Waals surface area contributed by atoms with Crippen LogP contribution < -0.4 is 11.1 Å². The van der Waals surface area contributed by atoms with Crippen LogP contribution in [0.1, 0.15) is 42.7 Å². The average Bonchev–Trinajstić information content (AvgIpc) is 2.37. The molecule has 1 rings (SSSR count). The topological polar surface area (TPSA) is 102 Å². The molecule has 0 aliphatic rings. The van der Waals surface area contributed by atoms with E-state index in [4.69, 9.17) is 5.73 Å². The number of nitrogens with two attached hydrogens (primary N) is 1. The molecule has 1 heterocycles. The summed E-state index contributed by atoms with van der Waals surface area (Å²) in [7, 11) is -3.08. The van der Waals surface area contributed by atoms with Crippen LogP contribution in [-0.2, 0) is 9.84 Å². The molecule has 0 aliphatic heterocycles. The molecule has 0 saturated heterocycles. The molecule has 7 heteroatoms. The fourth-order valence-corrected chi connectivity index (χ4v) is 2.27. The van der Waals surface area contributed by atoms with E-state index >= 15 is 0 Å². The van der Waals surface area contributed by atoms with Crippen molar-refractivity contribution in [2.24, 2.45) is 0 Å². The van der Waals surface area contributed by atoms with E-state index in [1.807, 2.05) is 13.8 Å². The lowest BCUT2D eigenvalue weighted by atomic mass is 10.1. The third-order valence-corrected chi connectivity index (χ3v) is 4.56. The molecular weight excluding hydrogens is 278 g/mol. The number of rotatable bonds is 6. The van der Waals surface area contributed by atoms with Crippen LogP contribution in [0.25, 0.3) is 0 Å². The summed E-state index contributed by atoms with van der Waals surface area (Å²) in [6, 6.07) is 3.15. The molecule has 3 N–H and O–H groups in total. The summed E-state index contributed by atoms with van der Waals surface area (Å²) in [6.07, 6.45) is 0. The number of nitrogens with zero attached hydrogens (tertiary/aromatic N) is 1. The summed E-state index contributed by atoms with van der Waals surface area (Å²) in [4.78, 5) is 16.1. The first kappa shape index (κ1) is 16.4. The van der Waals surface area contributed by atoms with Gasteiger partial charge in [0.2, 0.25) is 0 Å². The molecule has 0 spiro atoms. The summed E-state index contributed by atoms with van der Waals surface area (Å²) in [6.45, 7) is 5.58. The molecule has 0 aliphatic carbocycles. The summed E-state index contributed by atoms with van der Waals surface area (Å²) >= 11 is 0. The van der Waals surface area contributed by atoms with E-state index in [0.717, 1.165) is 5.69 Å². The summed E-state index contributed by atoms with van der Waals surface area (Å²) in [5.74, 6) is 0.107. The maximum atomic E-state index is 12.0. The van der Waals surface area contributed by atoms with E-state index in [1.54, 1.807) is 13.0 Å². The minimum atomic E-state index is -3.08. The van der Waals surface area contributed by atoms with Crippen molar-refractivity contribution in [3.8, 4) is 0 Å². The smallest absolute Gasteiger partial charge is 0.251 e. The molecular formula is C13H21N3O3S. The number of nitrogens with one attached hydrogen (secondary N) is 1. The third-order valence-electron chi connectivity index (χ3n) is 2.86. The molecule has 6 nitrogen and oxygen atoms in total. The van der Waals surface area contributed by atoms with Crippen molar-refractivity contribution in [1.29, 1.82) is 0 Å². The molecule has 0 bridgehead atoms. The van der Waals surface area contributed by atoms with Gasteiger partial charge in [0.15, 0.2) is 9.84 Å². The van der Waals surface area contributed by atoms with Crippen LogP contribution in [0.4, 0.5) is 5.82 Å². The minimum Gasteiger partial charge on any atom is -0.384 e. The van der Waals surface area contributed by atoms with Crippen molar-refractivity contribution in [3.63, 3.8) is 0 Å². The van der Waals surface area contributed by atoms with Crippen molar-refractivity contribution in [1.82, 2.24) is 10.3 Å². The van der Waals surface area contributed by atoms with Crippen LogP contribution in [0, 0.1) is 0 Å². The minimum absolute atomic E-state index is 0.0627. The molecule has 0 unspecified atom stereocenters. The first-order valence-corrected chi connectivity index (χ1v) is 8.33. The molecule has 1 aromatic rings. The van der Waals surface area contributed by atoms with Gasteiger partial charge < -0.3 is 11.1 Å². The number of hydrogen-bond acceptors (Lipinski definition) is 5. The molecule has 0 fully saturated rings. The van der Waals surface area contributed by atoms with Crippen LogP contribution in [0.5, 0.6) is 0 Å². The normalized spacial score (nSPS) is 11.6. The standard InChI is InChI=1S/C13H21N3O3S/c1-4-20(18,19)6-5-15-13(17)10-7-11(9(2)3)16-12(14)8-10/h7-9H,4-6H2,1-3H3,(H2,14,16)(H,15,17). The number of carbonyl (C=O) groups excluding carboxylic acids is 1. The van der Waals surface area contributed by atoms with Gasteiger partial charge in [0, 0.05) is 23.6 Å². The van der Waals surface area contributed by atoms with Gasteiger partial charge in [-0.05, 0) is 18.1 Å². The highest BCUT2D eigenvalue weighted by Crippen LogP contribution is 2.15. The first-order chi connectivity index (χ1) is 9.25. The number of nitrogen functional groups attached to an aromatic ring is 1. The van der Waals surface area contributed by atoms with Gasteiger partial charge in [-0.1, -0.05) is 20.8 Å². The number of sulfone groups is 1. The first-order valence-electron chi connectivity index (χ1n) is 6.51. The highest BCUT2D eigenvalue weighted by atomic mass is 32.2. The highest BCUT2D eigenvalue weighted by Gasteiger charge is 2.12. The van der Waals surface area contributed by atoms with E-state index in [1.165, 1.54) is 6.07 Å². The molecule has 0 atom stereocenters. The second-order valence-electron chi connectivity index (χ2n) is 4.85. The van der Waals surface area contributed by atoms with Crippen LogP contribution in [-0.4, -0.2) is 37.4 Å². The Balaban J connectivity index is 2.73. The third kappa shape index (κ3) is 4.80. The number of carbonyl (C=O) groups is 1. The number of hydrogen-bond donors (Lipinski definition) is 2. The van der Waals surface area contributed by atoms with Crippen molar-refractivity contribution in [2.45, 2.75) is 26.7 Å². The van der Waals surface area contributed by atoms with Crippen LogP contribution in [0.15, 0.2) is 12.1 Å². The second-order valence-corrected chi connectivity index (χ2v) is 7.33. The van der Waals surface area contributed by atoms with E-state index < -0.39 is 9.84 Å². The van der Waals surface area contributed by atoms with E-state index in [9.17, 15) is 13.2 Å². The zero-order valence-electron chi connectivity index (χ0n) is 12.0. The highest BCUT2D eigenvalue weighted by molar-refractivity contribution is 7.91. The molecule has 0 aromatic carbocycles. The zero-order valence-corrected chi connectivity index (χ0v) is 12.8. The zero-order chi connectivity index (χ0) is 15.3. The van der Waals surface area contributed by atoms with Gasteiger partial charge in [-0.3, -0.25) is 4.79 Å². The van der Waals surface area contributed by atoms with Gasteiger partial charge >= 0.3 is 0 Å². The quantitative estimate of drug-likeness (QED) is 0.814. The maximum absolute atomic E-state index is 12.0. The van der Waals surface area contributed by atoms with E-state index in [0.29, 0.717) is 5.56 Å². The fourth-order valence-electron chi connectivity index (χ4n) is 1.57.